The minimum Gasteiger partial charge on any atom is -0.382 e. The maximum atomic E-state index is 5.38. The van der Waals surface area contributed by atoms with E-state index in [9.17, 15) is 0 Å². The first-order valence-corrected chi connectivity index (χ1v) is 6.15. The van der Waals surface area contributed by atoms with E-state index in [2.05, 4.69) is 19.2 Å². The van der Waals surface area contributed by atoms with Crippen LogP contribution >= 0.6 is 0 Å². The summed E-state index contributed by atoms with van der Waals surface area (Å²) in [4.78, 5) is 0. The summed E-state index contributed by atoms with van der Waals surface area (Å²) in [7, 11) is 1.70. The molecule has 0 fully saturated rings. The van der Waals surface area contributed by atoms with Crippen molar-refractivity contribution in [2.24, 2.45) is 0 Å². The van der Waals surface area contributed by atoms with E-state index < -0.39 is 0 Å². The molecule has 0 saturated carbocycles. The Bertz CT molecular complexity index is 120. The van der Waals surface area contributed by atoms with Gasteiger partial charge in [-0.05, 0) is 25.8 Å². The van der Waals surface area contributed by atoms with Crippen molar-refractivity contribution in [2.45, 2.75) is 45.6 Å². The predicted molar refractivity (Wildman–Crippen MR) is 64.3 cm³/mol. The highest BCUT2D eigenvalue weighted by Gasteiger charge is 2.02. The summed E-state index contributed by atoms with van der Waals surface area (Å²) >= 11 is 0. The maximum Gasteiger partial charge on any atom is 0.0700 e. The van der Waals surface area contributed by atoms with Gasteiger partial charge in [-0.25, -0.2) is 0 Å². The summed E-state index contributed by atoms with van der Waals surface area (Å²) in [5, 5.41) is 3.55. The summed E-state index contributed by atoms with van der Waals surface area (Å²) < 4.78 is 10.3. The van der Waals surface area contributed by atoms with Gasteiger partial charge in [0.2, 0.25) is 0 Å². The lowest BCUT2D eigenvalue weighted by Crippen LogP contribution is -2.29. The van der Waals surface area contributed by atoms with Crippen molar-refractivity contribution >= 4 is 0 Å². The molecule has 0 aliphatic carbocycles. The van der Waals surface area contributed by atoms with Crippen molar-refractivity contribution in [3.63, 3.8) is 0 Å². The second-order valence-electron chi connectivity index (χ2n) is 3.81. The van der Waals surface area contributed by atoms with Gasteiger partial charge in [0.15, 0.2) is 0 Å². The minimum atomic E-state index is 0.689. The van der Waals surface area contributed by atoms with E-state index in [0.717, 1.165) is 19.6 Å². The van der Waals surface area contributed by atoms with E-state index in [1.54, 1.807) is 7.11 Å². The highest BCUT2D eigenvalue weighted by Crippen LogP contribution is 2.00. The SMILES string of the molecule is CCCC(CC)NCCCOCCOC. The molecule has 0 spiro atoms. The van der Waals surface area contributed by atoms with Crippen molar-refractivity contribution in [3.05, 3.63) is 0 Å². The highest BCUT2D eigenvalue weighted by atomic mass is 16.5. The molecule has 1 unspecified atom stereocenters. The van der Waals surface area contributed by atoms with E-state index in [0.29, 0.717) is 19.3 Å². The summed E-state index contributed by atoms with van der Waals surface area (Å²) in [5.74, 6) is 0. The number of nitrogens with one attached hydrogen (secondary N) is 1. The fourth-order valence-corrected chi connectivity index (χ4v) is 1.52. The zero-order valence-electron chi connectivity index (χ0n) is 10.6. The molecule has 1 N–H and O–H groups in total. The van der Waals surface area contributed by atoms with Crippen LogP contribution in [0.1, 0.15) is 39.5 Å². The lowest BCUT2D eigenvalue weighted by atomic mass is 10.1. The standard InChI is InChI=1S/C12H27NO2/c1-4-7-12(5-2)13-8-6-9-15-11-10-14-3/h12-13H,4-11H2,1-3H3. The Morgan fingerprint density at radius 2 is 1.93 bits per heavy atom. The van der Waals surface area contributed by atoms with Crippen LogP contribution in [0.5, 0.6) is 0 Å². The molecular formula is C12H27NO2. The van der Waals surface area contributed by atoms with Gasteiger partial charge < -0.3 is 14.8 Å². The van der Waals surface area contributed by atoms with Crippen LogP contribution in [0.2, 0.25) is 0 Å². The Morgan fingerprint density at radius 1 is 1.13 bits per heavy atom. The second-order valence-corrected chi connectivity index (χ2v) is 3.81. The van der Waals surface area contributed by atoms with E-state index in [1.165, 1.54) is 19.3 Å². The molecule has 3 heteroatoms. The molecule has 0 heterocycles. The van der Waals surface area contributed by atoms with E-state index in [-0.39, 0.29) is 0 Å². The number of hydrogen-bond donors (Lipinski definition) is 1. The van der Waals surface area contributed by atoms with Gasteiger partial charge in [0, 0.05) is 19.8 Å². The third-order valence-electron chi connectivity index (χ3n) is 2.46. The van der Waals surface area contributed by atoms with Gasteiger partial charge in [-0.3, -0.25) is 0 Å². The summed E-state index contributed by atoms with van der Waals surface area (Å²) in [5.41, 5.74) is 0. The molecule has 0 aliphatic heterocycles. The Labute approximate surface area is 94.5 Å². The van der Waals surface area contributed by atoms with Crippen LogP contribution in [0.25, 0.3) is 0 Å². The normalized spacial score (nSPS) is 13.0. The molecule has 0 saturated heterocycles. The number of ether oxygens (including phenoxy) is 2. The number of hydrogen-bond acceptors (Lipinski definition) is 3. The third-order valence-corrected chi connectivity index (χ3v) is 2.46. The molecule has 1 atom stereocenters. The van der Waals surface area contributed by atoms with Crippen molar-refractivity contribution in [1.29, 1.82) is 0 Å². The van der Waals surface area contributed by atoms with Crippen LogP contribution in [0.4, 0.5) is 0 Å². The molecule has 0 aromatic rings. The molecule has 0 aromatic carbocycles. The fourth-order valence-electron chi connectivity index (χ4n) is 1.52. The molecule has 92 valence electrons. The molecule has 0 rings (SSSR count). The summed E-state index contributed by atoms with van der Waals surface area (Å²) in [6, 6.07) is 0.689. The Balaban J connectivity index is 3.14. The minimum absolute atomic E-state index is 0.689. The smallest absolute Gasteiger partial charge is 0.0700 e. The highest BCUT2D eigenvalue weighted by molar-refractivity contribution is 4.63. The summed E-state index contributed by atoms with van der Waals surface area (Å²) in [6.45, 7) is 7.77. The quantitative estimate of drug-likeness (QED) is 0.538. The van der Waals surface area contributed by atoms with Gasteiger partial charge >= 0.3 is 0 Å². The first-order chi connectivity index (χ1) is 7.35. The zero-order valence-corrected chi connectivity index (χ0v) is 10.6. The van der Waals surface area contributed by atoms with Gasteiger partial charge in [0.05, 0.1) is 13.2 Å². The summed E-state index contributed by atoms with van der Waals surface area (Å²) in [6.07, 6.45) is 4.85. The molecule has 0 amide bonds. The average Bonchev–Trinajstić information content (AvgIpc) is 2.26. The third kappa shape index (κ3) is 10.2. The van der Waals surface area contributed by atoms with Crippen LogP contribution in [0.15, 0.2) is 0 Å². The largest absolute Gasteiger partial charge is 0.382 e. The van der Waals surface area contributed by atoms with Gasteiger partial charge in [-0.1, -0.05) is 20.3 Å². The number of methoxy groups -OCH3 is 1. The van der Waals surface area contributed by atoms with Crippen molar-refractivity contribution in [2.75, 3.05) is 33.5 Å². The first kappa shape index (κ1) is 14.9. The molecule has 0 aromatic heterocycles. The van der Waals surface area contributed by atoms with E-state index in [1.807, 2.05) is 0 Å². The lowest BCUT2D eigenvalue weighted by molar-refractivity contribution is 0.0692. The van der Waals surface area contributed by atoms with Crippen LogP contribution in [0, 0.1) is 0 Å². The predicted octanol–water partition coefficient (Wildman–Crippen LogP) is 2.21. The van der Waals surface area contributed by atoms with Crippen LogP contribution in [0.3, 0.4) is 0 Å². The Kier molecular flexibility index (Phi) is 11.9. The van der Waals surface area contributed by atoms with Crippen LogP contribution in [-0.2, 0) is 9.47 Å². The maximum absolute atomic E-state index is 5.38. The van der Waals surface area contributed by atoms with E-state index in [4.69, 9.17) is 9.47 Å². The molecule has 0 aliphatic rings. The zero-order chi connectivity index (χ0) is 11.4. The van der Waals surface area contributed by atoms with E-state index >= 15 is 0 Å². The lowest BCUT2D eigenvalue weighted by Gasteiger charge is -2.15. The average molecular weight is 217 g/mol. The van der Waals surface area contributed by atoms with Gasteiger partial charge in [0.25, 0.3) is 0 Å². The monoisotopic (exact) mass is 217 g/mol. The van der Waals surface area contributed by atoms with Crippen molar-refractivity contribution < 1.29 is 9.47 Å². The molecule has 0 radical (unpaired) electrons. The Hall–Kier alpha value is -0.120. The first-order valence-electron chi connectivity index (χ1n) is 6.15. The van der Waals surface area contributed by atoms with Crippen molar-refractivity contribution in [1.82, 2.24) is 5.32 Å². The van der Waals surface area contributed by atoms with Crippen LogP contribution < -0.4 is 5.32 Å². The van der Waals surface area contributed by atoms with Crippen molar-refractivity contribution in [3.8, 4) is 0 Å². The van der Waals surface area contributed by atoms with Crippen LogP contribution in [-0.4, -0.2) is 39.5 Å². The topological polar surface area (TPSA) is 30.5 Å². The second kappa shape index (κ2) is 12.0. The molecule has 0 bridgehead atoms. The molecule has 15 heavy (non-hydrogen) atoms. The van der Waals surface area contributed by atoms with Gasteiger partial charge in [0.1, 0.15) is 0 Å². The Morgan fingerprint density at radius 3 is 2.53 bits per heavy atom. The molecular weight excluding hydrogens is 190 g/mol. The van der Waals surface area contributed by atoms with Gasteiger partial charge in [-0.15, -0.1) is 0 Å². The molecule has 3 nitrogen and oxygen atoms in total. The number of rotatable bonds is 11. The van der Waals surface area contributed by atoms with Gasteiger partial charge in [-0.2, -0.15) is 0 Å². The fraction of sp³-hybridized carbons (Fsp3) is 1.00.